The molecule has 0 aliphatic carbocycles. The Hall–Kier alpha value is -3.17. The molecule has 0 saturated heterocycles. The molecule has 0 spiro atoms. The minimum absolute atomic E-state index is 0.524. The van der Waals surface area contributed by atoms with Crippen molar-refractivity contribution in [3.63, 3.8) is 0 Å². The third-order valence-electron chi connectivity index (χ3n) is 5.84. The van der Waals surface area contributed by atoms with Crippen LogP contribution in [0.25, 0.3) is 47.8 Å². The molecule has 0 saturated carbocycles. The Kier molecular flexibility index (Phi) is 3.56. The van der Waals surface area contributed by atoms with Crippen molar-refractivity contribution in [3.05, 3.63) is 84.6 Å². The van der Waals surface area contributed by atoms with E-state index in [0.717, 1.165) is 11.0 Å². The molecule has 0 unspecified atom stereocenters. The van der Waals surface area contributed by atoms with Crippen LogP contribution < -0.4 is 0 Å². The number of benzene rings is 3. The Morgan fingerprint density at radius 2 is 1.62 bits per heavy atom. The largest absolute Gasteiger partial charge is 0.307 e. The first-order valence-corrected chi connectivity index (χ1v) is 10.8. The first-order chi connectivity index (χ1) is 14.2. The molecule has 3 aromatic heterocycles. The zero-order chi connectivity index (χ0) is 19.5. The van der Waals surface area contributed by atoms with E-state index < -0.39 is 0 Å². The molecule has 6 aromatic rings. The number of aromatic nitrogens is 2. The molecule has 0 amide bonds. The molecule has 3 heterocycles. The predicted octanol–water partition coefficient (Wildman–Crippen LogP) is 7.67. The van der Waals surface area contributed by atoms with Gasteiger partial charge in [0.2, 0.25) is 0 Å². The SMILES string of the molecule is CC(C)c1ccc(-n2c3cccnc3c3ccc4sc5ccccc5c4c32)cc1. The summed E-state index contributed by atoms with van der Waals surface area (Å²) in [6.45, 7) is 4.47. The van der Waals surface area contributed by atoms with E-state index >= 15 is 0 Å². The zero-order valence-corrected chi connectivity index (χ0v) is 17.2. The lowest BCUT2D eigenvalue weighted by Crippen LogP contribution is -1.95. The summed E-state index contributed by atoms with van der Waals surface area (Å²) < 4.78 is 5.04. The quantitative estimate of drug-likeness (QED) is 0.295. The molecule has 0 atom stereocenters. The first-order valence-electron chi connectivity index (χ1n) is 10.0. The number of rotatable bonds is 2. The summed E-state index contributed by atoms with van der Waals surface area (Å²) in [5.41, 5.74) is 6.02. The van der Waals surface area contributed by atoms with Crippen LogP contribution in [-0.4, -0.2) is 9.55 Å². The molecule has 3 aromatic carbocycles. The maximum atomic E-state index is 4.76. The molecule has 0 N–H and O–H groups in total. The standard InChI is InChI=1S/C26H20N2S/c1-16(2)17-9-11-18(12-10-17)28-21-7-5-15-27-25(21)20-13-14-23-24(26(20)28)19-6-3-4-8-22(19)29-23/h3-16H,1-2H3. The van der Waals surface area contributed by atoms with Crippen LogP contribution in [0.2, 0.25) is 0 Å². The molecule has 6 rings (SSSR count). The van der Waals surface area contributed by atoms with Crippen molar-refractivity contribution in [2.75, 3.05) is 0 Å². The van der Waals surface area contributed by atoms with Gasteiger partial charge >= 0.3 is 0 Å². The fourth-order valence-corrected chi connectivity index (χ4v) is 5.51. The molecular formula is C26H20N2S. The second kappa shape index (κ2) is 6.16. The van der Waals surface area contributed by atoms with Crippen molar-refractivity contribution in [1.29, 1.82) is 0 Å². The Morgan fingerprint density at radius 1 is 0.793 bits per heavy atom. The summed E-state index contributed by atoms with van der Waals surface area (Å²) in [6.07, 6.45) is 1.89. The minimum atomic E-state index is 0.524. The summed E-state index contributed by atoms with van der Waals surface area (Å²) in [6, 6.07) is 26.4. The summed E-state index contributed by atoms with van der Waals surface area (Å²) in [5.74, 6) is 0.524. The Labute approximate surface area is 173 Å². The van der Waals surface area contributed by atoms with Crippen molar-refractivity contribution in [3.8, 4) is 5.69 Å². The van der Waals surface area contributed by atoms with Gasteiger partial charge < -0.3 is 4.57 Å². The number of thiophene rings is 1. The third kappa shape index (κ3) is 2.37. The zero-order valence-electron chi connectivity index (χ0n) is 16.4. The van der Waals surface area contributed by atoms with Gasteiger partial charge in [0.15, 0.2) is 0 Å². The molecule has 3 heteroatoms. The highest BCUT2D eigenvalue weighted by Gasteiger charge is 2.18. The Morgan fingerprint density at radius 3 is 2.45 bits per heavy atom. The van der Waals surface area contributed by atoms with Gasteiger partial charge in [0, 0.05) is 37.4 Å². The topological polar surface area (TPSA) is 17.8 Å². The Balaban J connectivity index is 1.82. The molecule has 29 heavy (non-hydrogen) atoms. The number of hydrogen-bond donors (Lipinski definition) is 0. The summed E-state index contributed by atoms with van der Waals surface area (Å²) >= 11 is 1.86. The van der Waals surface area contributed by atoms with Gasteiger partial charge in [-0.25, -0.2) is 0 Å². The highest BCUT2D eigenvalue weighted by atomic mass is 32.1. The van der Waals surface area contributed by atoms with Gasteiger partial charge in [0.1, 0.15) is 0 Å². The van der Waals surface area contributed by atoms with Gasteiger partial charge in [0.05, 0.1) is 16.6 Å². The molecular weight excluding hydrogens is 372 g/mol. The first kappa shape index (κ1) is 16.8. The third-order valence-corrected chi connectivity index (χ3v) is 6.98. The minimum Gasteiger partial charge on any atom is -0.307 e. The number of pyridine rings is 1. The van der Waals surface area contributed by atoms with E-state index in [-0.39, 0.29) is 0 Å². The van der Waals surface area contributed by atoms with Gasteiger partial charge in [-0.1, -0.05) is 44.2 Å². The van der Waals surface area contributed by atoms with Crippen molar-refractivity contribution < 1.29 is 0 Å². The predicted molar refractivity (Wildman–Crippen MR) is 126 cm³/mol. The van der Waals surface area contributed by atoms with Crippen LogP contribution in [0.5, 0.6) is 0 Å². The van der Waals surface area contributed by atoms with Gasteiger partial charge in [-0.2, -0.15) is 0 Å². The summed E-state index contributed by atoms with van der Waals surface area (Å²) in [5, 5.41) is 3.86. The average Bonchev–Trinajstić information content (AvgIpc) is 3.29. The van der Waals surface area contributed by atoms with Crippen molar-refractivity contribution >= 4 is 53.4 Å². The van der Waals surface area contributed by atoms with Crippen molar-refractivity contribution in [2.24, 2.45) is 0 Å². The second-order valence-electron chi connectivity index (χ2n) is 7.89. The van der Waals surface area contributed by atoms with E-state index in [1.54, 1.807) is 0 Å². The molecule has 0 radical (unpaired) electrons. The molecule has 0 aliphatic heterocycles. The maximum absolute atomic E-state index is 4.76. The van der Waals surface area contributed by atoms with E-state index in [0.29, 0.717) is 5.92 Å². The lowest BCUT2D eigenvalue weighted by atomic mass is 10.0. The normalized spacial score (nSPS) is 12.1. The fraction of sp³-hybridized carbons (Fsp3) is 0.115. The maximum Gasteiger partial charge on any atom is 0.0963 e. The molecule has 0 fully saturated rings. The van der Waals surface area contributed by atoms with Crippen molar-refractivity contribution in [1.82, 2.24) is 9.55 Å². The van der Waals surface area contributed by atoms with Crippen molar-refractivity contribution in [2.45, 2.75) is 19.8 Å². The number of fused-ring (bicyclic) bond motifs is 7. The van der Waals surface area contributed by atoms with Crippen LogP contribution in [0.15, 0.2) is 79.0 Å². The highest BCUT2D eigenvalue weighted by molar-refractivity contribution is 7.26. The van der Waals surface area contributed by atoms with E-state index in [1.165, 1.54) is 42.3 Å². The van der Waals surface area contributed by atoms with Gasteiger partial charge in [-0.05, 0) is 53.9 Å². The van der Waals surface area contributed by atoms with E-state index in [1.807, 2.05) is 23.6 Å². The Bertz CT molecular complexity index is 1520. The lowest BCUT2D eigenvalue weighted by Gasteiger charge is -2.11. The van der Waals surface area contributed by atoms with Gasteiger partial charge in [0.25, 0.3) is 0 Å². The summed E-state index contributed by atoms with van der Waals surface area (Å²) in [7, 11) is 0. The van der Waals surface area contributed by atoms with Crippen LogP contribution in [0, 0.1) is 0 Å². The smallest absolute Gasteiger partial charge is 0.0963 e. The van der Waals surface area contributed by atoms with Gasteiger partial charge in [-0.15, -0.1) is 11.3 Å². The van der Waals surface area contributed by atoms with Crippen LogP contribution in [-0.2, 0) is 0 Å². The lowest BCUT2D eigenvalue weighted by molar-refractivity contribution is 0.866. The van der Waals surface area contributed by atoms with E-state index in [4.69, 9.17) is 4.98 Å². The van der Waals surface area contributed by atoms with E-state index in [9.17, 15) is 0 Å². The molecule has 0 aliphatic rings. The molecule has 140 valence electrons. The van der Waals surface area contributed by atoms with Gasteiger partial charge in [-0.3, -0.25) is 4.98 Å². The fourth-order valence-electron chi connectivity index (χ4n) is 4.40. The number of nitrogens with zero attached hydrogens (tertiary/aromatic N) is 2. The van der Waals surface area contributed by atoms with Crippen LogP contribution in [0.3, 0.4) is 0 Å². The molecule has 2 nitrogen and oxygen atoms in total. The monoisotopic (exact) mass is 392 g/mol. The molecule has 0 bridgehead atoms. The second-order valence-corrected chi connectivity index (χ2v) is 8.97. The highest BCUT2D eigenvalue weighted by Crippen LogP contribution is 2.42. The van der Waals surface area contributed by atoms with E-state index in [2.05, 4.69) is 85.1 Å². The number of hydrogen-bond acceptors (Lipinski definition) is 2. The van der Waals surface area contributed by atoms with Crippen LogP contribution >= 0.6 is 11.3 Å². The van der Waals surface area contributed by atoms with Crippen LogP contribution in [0.1, 0.15) is 25.3 Å². The average molecular weight is 393 g/mol. The summed E-state index contributed by atoms with van der Waals surface area (Å²) in [4.78, 5) is 4.76. The van der Waals surface area contributed by atoms with Crippen LogP contribution in [0.4, 0.5) is 0 Å².